The summed E-state index contributed by atoms with van der Waals surface area (Å²) in [6.45, 7) is 3.96. The third-order valence-electron chi connectivity index (χ3n) is 4.49. The molecule has 1 atom stereocenters. The Balaban J connectivity index is 2.04. The van der Waals surface area contributed by atoms with Crippen molar-refractivity contribution in [3.05, 3.63) is 84.6 Å². The van der Waals surface area contributed by atoms with Gasteiger partial charge in [0.2, 0.25) is 0 Å². The van der Waals surface area contributed by atoms with Gasteiger partial charge >= 0.3 is 11.7 Å². The number of benzene rings is 1. The van der Waals surface area contributed by atoms with Crippen molar-refractivity contribution in [3.8, 4) is 0 Å². The average Bonchev–Trinajstić information content (AvgIpc) is 2.98. The summed E-state index contributed by atoms with van der Waals surface area (Å²) in [6.07, 6.45) is 1.57. The lowest BCUT2D eigenvalue weighted by Gasteiger charge is -2.28. The summed E-state index contributed by atoms with van der Waals surface area (Å²) in [5, 5.41) is 3.06. The van der Waals surface area contributed by atoms with Crippen molar-refractivity contribution >= 4 is 27.7 Å². The van der Waals surface area contributed by atoms with Crippen molar-refractivity contribution in [2.75, 3.05) is 11.9 Å². The summed E-state index contributed by atoms with van der Waals surface area (Å²) in [5.74, 6) is -0.722. The molecule has 0 spiro atoms. The van der Waals surface area contributed by atoms with E-state index in [0.29, 0.717) is 22.7 Å². The van der Waals surface area contributed by atoms with E-state index >= 15 is 0 Å². The highest BCUT2D eigenvalue weighted by molar-refractivity contribution is 9.10. The van der Waals surface area contributed by atoms with Crippen LogP contribution < -0.4 is 16.6 Å². The number of cyclic esters (lactones) is 1. The molecule has 132 valence electrons. The SMILES string of the molecule is C=CCn1c2c(c(=O)[nH]c1=O)[C@@H](c1ccc(Br)cc1)C1=C(COC1=O)N2. The van der Waals surface area contributed by atoms with Crippen molar-refractivity contribution in [2.24, 2.45) is 0 Å². The van der Waals surface area contributed by atoms with Gasteiger partial charge in [-0.1, -0.05) is 34.1 Å². The second kappa shape index (κ2) is 6.14. The zero-order valence-electron chi connectivity index (χ0n) is 13.5. The van der Waals surface area contributed by atoms with E-state index in [2.05, 4.69) is 32.8 Å². The Kier molecular flexibility index (Phi) is 3.91. The normalized spacial score (nSPS) is 18.0. The zero-order valence-corrected chi connectivity index (χ0v) is 15.1. The van der Waals surface area contributed by atoms with E-state index in [1.807, 2.05) is 24.3 Å². The maximum atomic E-state index is 12.7. The topological polar surface area (TPSA) is 93.2 Å². The number of nitrogens with one attached hydrogen (secondary N) is 2. The summed E-state index contributed by atoms with van der Waals surface area (Å²) in [5.41, 5.74) is 0.970. The number of esters is 1. The van der Waals surface area contributed by atoms with E-state index in [4.69, 9.17) is 4.74 Å². The highest BCUT2D eigenvalue weighted by Gasteiger charge is 2.41. The van der Waals surface area contributed by atoms with Crippen LogP contribution in [0.4, 0.5) is 5.82 Å². The number of carbonyl (C=O) groups excluding carboxylic acids is 1. The average molecular weight is 416 g/mol. The number of carbonyl (C=O) groups is 1. The number of allylic oxidation sites excluding steroid dienone is 1. The first kappa shape index (κ1) is 16.6. The van der Waals surface area contributed by atoms with Crippen molar-refractivity contribution in [1.82, 2.24) is 9.55 Å². The first-order chi connectivity index (χ1) is 12.5. The first-order valence-corrected chi connectivity index (χ1v) is 8.71. The predicted molar refractivity (Wildman–Crippen MR) is 99.1 cm³/mol. The Morgan fingerprint density at radius 1 is 1.27 bits per heavy atom. The molecule has 0 amide bonds. The number of rotatable bonds is 3. The van der Waals surface area contributed by atoms with Crippen LogP contribution in [-0.2, 0) is 16.1 Å². The first-order valence-electron chi connectivity index (χ1n) is 7.92. The molecule has 26 heavy (non-hydrogen) atoms. The minimum Gasteiger partial charge on any atom is -0.456 e. The summed E-state index contributed by atoms with van der Waals surface area (Å²) in [7, 11) is 0. The molecule has 2 N–H and O–H groups in total. The molecule has 0 fully saturated rings. The van der Waals surface area contributed by atoms with E-state index < -0.39 is 23.1 Å². The highest BCUT2D eigenvalue weighted by atomic mass is 79.9. The molecule has 0 bridgehead atoms. The lowest BCUT2D eigenvalue weighted by Crippen LogP contribution is -2.38. The number of aromatic amines is 1. The molecule has 2 aromatic rings. The third kappa shape index (κ3) is 2.45. The lowest BCUT2D eigenvalue weighted by atomic mass is 9.83. The fourth-order valence-electron chi connectivity index (χ4n) is 3.38. The minimum absolute atomic E-state index is 0.0791. The fraction of sp³-hybridized carbons (Fsp3) is 0.167. The number of anilines is 1. The number of fused-ring (bicyclic) bond motifs is 1. The van der Waals surface area contributed by atoms with Gasteiger partial charge in [-0.15, -0.1) is 6.58 Å². The van der Waals surface area contributed by atoms with E-state index in [-0.39, 0.29) is 13.2 Å². The van der Waals surface area contributed by atoms with Gasteiger partial charge in [0.05, 0.1) is 22.8 Å². The highest BCUT2D eigenvalue weighted by Crippen LogP contribution is 2.42. The Bertz CT molecular complexity index is 1080. The summed E-state index contributed by atoms with van der Waals surface area (Å²) >= 11 is 3.39. The van der Waals surface area contributed by atoms with Gasteiger partial charge in [-0.25, -0.2) is 9.59 Å². The van der Waals surface area contributed by atoms with E-state index in [9.17, 15) is 14.4 Å². The summed E-state index contributed by atoms with van der Waals surface area (Å²) in [6, 6.07) is 7.35. The molecular formula is C18H14BrN3O4. The number of halogens is 1. The van der Waals surface area contributed by atoms with Crippen molar-refractivity contribution in [2.45, 2.75) is 12.5 Å². The van der Waals surface area contributed by atoms with Gasteiger partial charge < -0.3 is 10.1 Å². The molecular weight excluding hydrogens is 402 g/mol. The van der Waals surface area contributed by atoms with Gasteiger partial charge in [0.15, 0.2) is 0 Å². The Morgan fingerprint density at radius 2 is 2.00 bits per heavy atom. The van der Waals surface area contributed by atoms with Gasteiger partial charge in [-0.2, -0.15) is 0 Å². The maximum Gasteiger partial charge on any atom is 0.337 e. The van der Waals surface area contributed by atoms with E-state index in [0.717, 1.165) is 10.0 Å². The van der Waals surface area contributed by atoms with Crippen molar-refractivity contribution in [3.63, 3.8) is 0 Å². The molecule has 8 heteroatoms. The molecule has 7 nitrogen and oxygen atoms in total. The monoisotopic (exact) mass is 415 g/mol. The van der Waals surface area contributed by atoms with Gasteiger partial charge in [0.25, 0.3) is 5.56 Å². The summed E-state index contributed by atoms with van der Waals surface area (Å²) in [4.78, 5) is 39.6. The van der Waals surface area contributed by atoms with Gasteiger partial charge in [0.1, 0.15) is 12.4 Å². The number of aromatic nitrogens is 2. The Hall–Kier alpha value is -2.87. The van der Waals surface area contributed by atoms with Crippen molar-refractivity contribution in [1.29, 1.82) is 0 Å². The molecule has 1 aromatic carbocycles. The van der Waals surface area contributed by atoms with Crippen LogP contribution >= 0.6 is 15.9 Å². The van der Waals surface area contributed by atoms with Crippen LogP contribution in [0.3, 0.4) is 0 Å². The quantitative estimate of drug-likeness (QED) is 0.589. The molecule has 0 unspecified atom stereocenters. The largest absolute Gasteiger partial charge is 0.456 e. The molecule has 4 rings (SSSR count). The number of nitrogens with zero attached hydrogens (tertiary/aromatic N) is 1. The molecule has 1 aromatic heterocycles. The van der Waals surface area contributed by atoms with E-state index in [1.54, 1.807) is 6.08 Å². The standard InChI is InChI=1S/C18H14BrN3O4/c1-2-7-22-15-14(16(23)21-18(22)25)12(9-3-5-10(19)6-4-9)13-11(20-15)8-26-17(13)24/h2-6,12,20H,1,7-8H2,(H,21,23,25)/t12-/m0/s1. The molecule has 0 aliphatic carbocycles. The molecule has 0 saturated heterocycles. The third-order valence-corrected chi connectivity index (χ3v) is 5.02. The zero-order chi connectivity index (χ0) is 18.4. The Morgan fingerprint density at radius 3 is 2.69 bits per heavy atom. The van der Waals surface area contributed by atoms with Crippen LogP contribution in [0.15, 0.2) is 62.3 Å². The van der Waals surface area contributed by atoms with Gasteiger partial charge in [-0.05, 0) is 17.7 Å². The number of H-pyrrole nitrogens is 1. The van der Waals surface area contributed by atoms with E-state index in [1.165, 1.54) is 4.57 Å². The van der Waals surface area contributed by atoms with Gasteiger partial charge in [0, 0.05) is 11.0 Å². The Labute approximate surface area is 156 Å². The molecule has 2 aliphatic rings. The summed E-state index contributed by atoms with van der Waals surface area (Å²) < 4.78 is 7.44. The number of hydrogen-bond donors (Lipinski definition) is 2. The smallest absolute Gasteiger partial charge is 0.337 e. The number of ether oxygens (including phenoxy) is 1. The lowest BCUT2D eigenvalue weighted by molar-refractivity contribution is -0.136. The second-order valence-electron chi connectivity index (χ2n) is 6.00. The molecule has 2 aliphatic heterocycles. The molecule has 3 heterocycles. The van der Waals surface area contributed by atoms with Crippen LogP contribution in [0.25, 0.3) is 0 Å². The molecule has 0 saturated carbocycles. The van der Waals surface area contributed by atoms with Crippen LogP contribution in [0, 0.1) is 0 Å². The van der Waals surface area contributed by atoms with Crippen LogP contribution in [0.5, 0.6) is 0 Å². The molecule has 0 radical (unpaired) electrons. The second-order valence-corrected chi connectivity index (χ2v) is 6.91. The van der Waals surface area contributed by atoms with Crippen LogP contribution in [0.1, 0.15) is 17.0 Å². The maximum absolute atomic E-state index is 12.7. The van der Waals surface area contributed by atoms with Crippen molar-refractivity contribution < 1.29 is 9.53 Å². The van der Waals surface area contributed by atoms with Crippen LogP contribution in [0.2, 0.25) is 0 Å². The number of hydrogen-bond acceptors (Lipinski definition) is 5. The fourth-order valence-corrected chi connectivity index (χ4v) is 3.64. The van der Waals surface area contributed by atoms with Crippen LogP contribution in [-0.4, -0.2) is 22.1 Å². The van der Waals surface area contributed by atoms with Gasteiger partial charge in [-0.3, -0.25) is 14.3 Å². The predicted octanol–water partition coefficient (Wildman–Crippen LogP) is 1.85. The minimum atomic E-state index is -0.621.